The lowest BCUT2D eigenvalue weighted by molar-refractivity contribution is -0.132. The first-order valence-corrected chi connectivity index (χ1v) is 8.42. The second-order valence-electron chi connectivity index (χ2n) is 5.83. The number of amides is 1. The zero-order chi connectivity index (χ0) is 18.5. The van der Waals surface area contributed by atoms with Crippen LogP contribution in [-0.4, -0.2) is 15.9 Å². The number of carbonyl (C=O) groups excluding carboxylic acids is 1. The molecule has 3 aromatic rings. The number of carbonyl (C=O) groups is 1. The molecule has 0 aliphatic rings. The highest BCUT2D eigenvalue weighted by molar-refractivity contribution is 6.31. The molecule has 0 fully saturated rings. The van der Waals surface area contributed by atoms with E-state index in [-0.39, 0.29) is 41.8 Å². The number of halogens is 2. The third kappa shape index (κ3) is 4.24. The Bertz CT molecular complexity index is 876. The summed E-state index contributed by atoms with van der Waals surface area (Å²) in [6, 6.07) is 14.6. The van der Waals surface area contributed by atoms with Gasteiger partial charge in [-0.3, -0.25) is 4.79 Å². The van der Waals surface area contributed by atoms with E-state index >= 15 is 0 Å². The molecule has 0 unspecified atom stereocenters. The van der Waals surface area contributed by atoms with Crippen LogP contribution in [-0.2, 0) is 24.3 Å². The second kappa shape index (κ2) is 8.06. The number of furan rings is 1. The Hall–Kier alpha value is -2.79. The molecule has 1 aromatic heterocycles. The van der Waals surface area contributed by atoms with Gasteiger partial charge in [0.15, 0.2) is 0 Å². The molecule has 0 radical (unpaired) electrons. The highest BCUT2D eigenvalue weighted by Gasteiger charge is 2.20. The van der Waals surface area contributed by atoms with Crippen molar-refractivity contribution in [2.45, 2.75) is 19.5 Å². The van der Waals surface area contributed by atoms with E-state index in [1.165, 1.54) is 23.3 Å². The van der Waals surface area contributed by atoms with Gasteiger partial charge < -0.3 is 14.4 Å². The number of aromatic hydroxyl groups is 1. The lowest BCUT2D eigenvalue weighted by Crippen LogP contribution is -2.31. The smallest absolute Gasteiger partial charge is 0.227 e. The van der Waals surface area contributed by atoms with Crippen molar-refractivity contribution >= 4 is 17.5 Å². The molecule has 0 spiro atoms. The van der Waals surface area contributed by atoms with E-state index in [2.05, 4.69) is 0 Å². The summed E-state index contributed by atoms with van der Waals surface area (Å²) in [5.74, 6) is -0.162. The van der Waals surface area contributed by atoms with Crippen molar-refractivity contribution in [1.82, 2.24) is 4.90 Å². The first kappa shape index (κ1) is 18.0. The topological polar surface area (TPSA) is 53.7 Å². The Balaban J connectivity index is 1.84. The first-order chi connectivity index (χ1) is 12.5. The predicted molar refractivity (Wildman–Crippen MR) is 96.2 cm³/mol. The molecule has 26 heavy (non-hydrogen) atoms. The number of benzene rings is 2. The van der Waals surface area contributed by atoms with Crippen LogP contribution in [0.15, 0.2) is 65.3 Å². The van der Waals surface area contributed by atoms with E-state index < -0.39 is 5.82 Å². The SMILES string of the molecule is O=C(Cc1c(F)cccc1Cl)N(Cc1ccco1)Cc1ccccc1O. The third-order valence-electron chi connectivity index (χ3n) is 4.02. The van der Waals surface area contributed by atoms with Crippen LogP contribution in [0.2, 0.25) is 5.02 Å². The molecular formula is C20H17ClFNO3. The fourth-order valence-electron chi connectivity index (χ4n) is 2.64. The van der Waals surface area contributed by atoms with Gasteiger partial charge in [-0.05, 0) is 30.3 Å². The van der Waals surface area contributed by atoms with E-state index in [1.807, 2.05) is 0 Å². The summed E-state index contributed by atoms with van der Waals surface area (Å²) in [6.45, 7) is 0.366. The summed E-state index contributed by atoms with van der Waals surface area (Å²) in [7, 11) is 0. The Kier molecular flexibility index (Phi) is 5.58. The van der Waals surface area contributed by atoms with Gasteiger partial charge in [0.05, 0.1) is 19.2 Å². The second-order valence-corrected chi connectivity index (χ2v) is 6.24. The Morgan fingerprint density at radius 3 is 2.58 bits per heavy atom. The number of para-hydroxylation sites is 1. The minimum absolute atomic E-state index is 0.0914. The van der Waals surface area contributed by atoms with Gasteiger partial charge in [-0.15, -0.1) is 0 Å². The molecule has 0 aliphatic carbocycles. The number of hydrogen-bond acceptors (Lipinski definition) is 3. The van der Waals surface area contributed by atoms with Gasteiger partial charge in [-0.1, -0.05) is 35.9 Å². The monoisotopic (exact) mass is 373 g/mol. The van der Waals surface area contributed by atoms with Gasteiger partial charge in [-0.2, -0.15) is 0 Å². The predicted octanol–water partition coefficient (Wildman–Crippen LogP) is 4.55. The molecule has 0 bridgehead atoms. The number of nitrogens with zero attached hydrogens (tertiary/aromatic N) is 1. The van der Waals surface area contributed by atoms with E-state index in [9.17, 15) is 14.3 Å². The maximum absolute atomic E-state index is 14.0. The molecule has 0 atom stereocenters. The van der Waals surface area contributed by atoms with Crippen molar-refractivity contribution in [3.63, 3.8) is 0 Å². The van der Waals surface area contributed by atoms with Crippen LogP contribution in [0.4, 0.5) is 4.39 Å². The first-order valence-electron chi connectivity index (χ1n) is 8.04. The number of phenolic OH excluding ortho intramolecular Hbond substituents is 1. The van der Waals surface area contributed by atoms with Crippen molar-refractivity contribution in [3.05, 3.63) is 88.6 Å². The minimum Gasteiger partial charge on any atom is -0.508 e. The quantitative estimate of drug-likeness (QED) is 0.689. The molecule has 0 aliphatic heterocycles. The summed E-state index contributed by atoms with van der Waals surface area (Å²) < 4.78 is 19.4. The van der Waals surface area contributed by atoms with E-state index in [0.717, 1.165) is 0 Å². The third-order valence-corrected chi connectivity index (χ3v) is 4.38. The highest BCUT2D eigenvalue weighted by atomic mass is 35.5. The fourth-order valence-corrected chi connectivity index (χ4v) is 2.87. The van der Waals surface area contributed by atoms with Crippen LogP contribution >= 0.6 is 11.6 Å². The van der Waals surface area contributed by atoms with Gasteiger partial charge in [-0.25, -0.2) is 4.39 Å². The summed E-state index contributed by atoms with van der Waals surface area (Å²) in [5, 5.41) is 10.2. The molecular weight excluding hydrogens is 357 g/mol. The van der Waals surface area contributed by atoms with Gasteiger partial charge in [0, 0.05) is 22.7 Å². The van der Waals surface area contributed by atoms with Crippen LogP contribution in [0.25, 0.3) is 0 Å². The van der Waals surface area contributed by atoms with Crippen LogP contribution in [0.1, 0.15) is 16.9 Å². The Morgan fingerprint density at radius 2 is 1.88 bits per heavy atom. The standard InChI is InChI=1S/C20H17ClFNO3/c21-17-7-3-8-18(22)16(17)11-20(25)23(13-15-6-4-10-26-15)12-14-5-1-2-9-19(14)24/h1-10,24H,11-13H2. The normalized spacial score (nSPS) is 10.7. The molecule has 1 amide bonds. The Labute approximate surface area is 155 Å². The molecule has 4 nitrogen and oxygen atoms in total. The molecule has 3 rings (SSSR count). The molecule has 1 heterocycles. The molecule has 0 saturated carbocycles. The lowest BCUT2D eigenvalue weighted by Gasteiger charge is -2.23. The van der Waals surface area contributed by atoms with E-state index in [1.54, 1.807) is 42.5 Å². The van der Waals surface area contributed by atoms with E-state index in [4.69, 9.17) is 16.0 Å². The van der Waals surface area contributed by atoms with Crippen LogP contribution in [0.5, 0.6) is 5.75 Å². The molecule has 6 heteroatoms. The highest BCUT2D eigenvalue weighted by Crippen LogP contribution is 2.23. The van der Waals surface area contributed by atoms with Crippen LogP contribution in [0, 0.1) is 5.82 Å². The van der Waals surface area contributed by atoms with Gasteiger partial charge in [0.1, 0.15) is 17.3 Å². The molecule has 0 saturated heterocycles. The summed E-state index contributed by atoms with van der Waals surface area (Å²) in [5.41, 5.74) is 0.743. The largest absolute Gasteiger partial charge is 0.508 e. The van der Waals surface area contributed by atoms with Crippen molar-refractivity contribution in [2.24, 2.45) is 0 Å². The van der Waals surface area contributed by atoms with Crippen molar-refractivity contribution in [2.75, 3.05) is 0 Å². The molecule has 134 valence electrons. The van der Waals surface area contributed by atoms with E-state index in [0.29, 0.717) is 11.3 Å². The van der Waals surface area contributed by atoms with Crippen LogP contribution in [0.3, 0.4) is 0 Å². The van der Waals surface area contributed by atoms with Gasteiger partial charge in [0.25, 0.3) is 0 Å². The Morgan fingerprint density at radius 1 is 1.08 bits per heavy atom. The maximum Gasteiger partial charge on any atom is 0.227 e. The van der Waals surface area contributed by atoms with Gasteiger partial charge >= 0.3 is 0 Å². The lowest BCUT2D eigenvalue weighted by atomic mass is 10.1. The zero-order valence-corrected chi connectivity index (χ0v) is 14.6. The average molecular weight is 374 g/mol. The molecule has 2 aromatic carbocycles. The van der Waals surface area contributed by atoms with Crippen molar-refractivity contribution in [1.29, 1.82) is 0 Å². The number of rotatable bonds is 6. The average Bonchev–Trinajstić information content (AvgIpc) is 3.12. The number of hydrogen-bond donors (Lipinski definition) is 1. The van der Waals surface area contributed by atoms with Crippen LogP contribution < -0.4 is 0 Å². The maximum atomic E-state index is 14.0. The van der Waals surface area contributed by atoms with Gasteiger partial charge in [0.2, 0.25) is 5.91 Å². The minimum atomic E-state index is -0.522. The molecule has 1 N–H and O–H groups in total. The summed E-state index contributed by atoms with van der Waals surface area (Å²) in [6.07, 6.45) is 1.34. The number of phenols is 1. The van der Waals surface area contributed by atoms with Crippen molar-refractivity contribution < 1.29 is 18.7 Å². The van der Waals surface area contributed by atoms with Crippen molar-refractivity contribution in [3.8, 4) is 5.75 Å². The summed E-state index contributed by atoms with van der Waals surface area (Å²) >= 11 is 6.04. The zero-order valence-electron chi connectivity index (χ0n) is 13.9. The fraction of sp³-hybridized carbons (Fsp3) is 0.150. The summed E-state index contributed by atoms with van der Waals surface area (Å²) in [4.78, 5) is 14.3.